The smallest absolute Gasteiger partial charge is 0.335 e. The summed E-state index contributed by atoms with van der Waals surface area (Å²) in [6.45, 7) is 0. The number of aromatic nitrogens is 2. The molecule has 0 aliphatic carbocycles. The molecule has 2 aromatic heterocycles. The minimum absolute atomic E-state index is 0.0502. The van der Waals surface area contributed by atoms with Crippen molar-refractivity contribution >= 4 is 45.5 Å². The predicted molar refractivity (Wildman–Crippen MR) is 183 cm³/mol. The fraction of sp³-hybridized carbons (Fsp3) is 0.0256. The molecule has 1 aliphatic heterocycles. The third kappa shape index (κ3) is 5.83. The van der Waals surface area contributed by atoms with Gasteiger partial charge in [0.25, 0.3) is 0 Å². The van der Waals surface area contributed by atoms with E-state index in [1.807, 2.05) is 60.7 Å². The third-order valence-corrected chi connectivity index (χ3v) is 8.07. The molecule has 228 valence electrons. The molecule has 0 saturated heterocycles. The van der Waals surface area contributed by atoms with Gasteiger partial charge in [0.2, 0.25) is 0 Å². The lowest BCUT2D eigenvalue weighted by Gasteiger charge is -2.27. The van der Waals surface area contributed by atoms with Gasteiger partial charge in [-0.3, -0.25) is 9.97 Å². The minimum Gasteiger partial charge on any atom is -0.478 e. The maximum absolute atomic E-state index is 12.1. The van der Waals surface area contributed by atoms with Crippen molar-refractivity contribution in [2.75, 3.05) is 4.90 Å². The van der Waals surface area contributed by atoms with Crippen molar-refractivity contribution in [3.63, 3.8) is 0 Å². The van der Waals surface area contributed by atoms with E-state index >= 15 is 0 Å². The molecule has 3 heterocycles. The molecule has 1 unspecified atom stereocenters. The molecule has 6 aromatic rings. The summed E-state index contributed by atoms with van der Waals surface area (Å²) >= 11 is 0. The summed E-state index contributed by atoms with van der Waals surface area (Å²) in [7, 11) is 0. The molecule has 0 amide bonds. The number of aliphatic carboxylic acids is 1. The maximum atomic E-state index is 12.1. The average Bonchev–Trinajstić information content (AvgIpc) is 3.12. The molecule has 0 spiro atoms. The number of hydrogen-bond donors (Lipinski definition) is 3. The number of dihydropyridines is 1. The number of aromatic carboxylic acids is 1. The van der Waals surface area contributed by atoms with Crippen molar-refractivity contribution in [2.45, 2.75) is 6.04 Å². The summed E-state index contributed by atoms with van der Waals surface area (Å²) in [6, 6.07) is 39.1. The molecule has 4 aromatic carbocycles. The second kappa shape index (κ2) is 12.5. The molecule has 8 nitrogen and oxygen atoms in total. The van der Waals surface area contributed by atoms with E-state index in [2.05, 4.69) is 68.7 Å². The molecule has 1 atom stereocenters. The summed E-state index contributed by atoms with van der Waals surface area (Å²) in [4.78, 5) is 34.9. The van der Waals surface area contributed by atoms with Crippen LogP contribution in [0.25, 0.3) is 27.6 Å². The Balaban J connectivity index is 1.30. The highest BCUT2D eigenvalue weighted by Crippen LogP contribution is 2.42. The summed E-state index contributed by atoms with van der Waals surface area (Å²) in [6.07, 6.45) is 6.15. The average molecular weight is 617 g/mol. The number of benzene rings is 4. The van der Waals surface area contributed by atoms with Crippen LogP contribution in [0.2, 0.25) is 0 Å². The standard InChI is InChI=1S/C39H28N4O4/c44-38(45)26-18-20-41-34(22-26)36-24-27(39(46)47)23-35(42-36)33-21-25(17-19-40-33)30-15-16-37(32-14-8-7-13-31(30)32)43(28-9-3-1-4-10-28)29-11-5-2-6-12-29/h1-24,35,42H,(H,44,45)(H,46,47). The third-order valence-electron chi connectivity index (χ3n) is 8.07. The van der Waals surface area contributed by atoms with Gasteiger partial charge in [-0.2, -0.15) is 0 Å². The number of para-hydroxylation sites is 2. The number of pyridine rings is 2. The van der Waals surface area contributed by atoms with Crippen LogP contribution in [0.4, 0.5) is 17.1 Å². The molecule has 0 saturated carbocycles. The molecule has 0 bridgehead atoms. The number of anilines is 3. The van der Waals surface area contributed by atoms with Crippen LogP contribution in [0.3, 0.4) is 0 Å². The normalized spacial score (nSPS) is 14.1. The van der Waals surface area contributed by atoms with E-state index in [1.165, 1.54) is 24.4 Å². The zero-order chi connectivity index (χ0) is 32.3. The quantitative estimate of drug-likeness (QED) is 0.157. The van der Waals surface area contributed by atoms with Crippen LogP contribution in [0.1, 0.15) is 27.8 Å². The highest BCUT2D eigenvalue weighted by Gasteiger charge is 2.23. The lowest BCUT2D eigenvalue weighted by molar-refractivity contribution is -0.132. The second-order valence-corrected chi connectivity index (χ2v) is 11.0. The van der Waals surface area contributed by atoms with E-state index in [4.69, 9.17) is 0 Å². The number of nitrogens with zero attached hydrogens (tertiary/aromatic N) is 3. The van der Waals surface area contributed by atoms with E-state index in [1.54, 1.807) is 12.3 Å². The summed E-state index contributed by atoms with van der Waals surface area (Å²) in [5.41, 5.74) is 6.44. The topological polar surface area (TPSA) is 116 Å². The van der Waals surface area contributed by atoms with E-state index in [-0.39, 0.29) is 11.1 Å². The summed E-state index contributed by atoms with van der Waals surface area (Å²) < 4.78 is 0. The summed E-state index contributed by atoms with van der Waals surface area (Å²) in [5.74, 6) is -2.21. The van der Waals surface area contributed by atoms with Crippen LogP contribution < -0.4 is 10.2 Å². The number of hydrogen-bond acceptors (Lipinski definition) is 6. The predicted octanol–water partition coefficient (Wildman–Crippen LogP) is 8.16. The number of rotatable bonds is 8. The van der Waals surface area contributed by atoms with Crippen LogP contribution >= 0.6 is 0 Å². The molecule has 8 heteroatoms. The lowest BCUT2D eigenvalue weighted by Crippen LogP contribution is -2.25. The Morgan fingerprint density at radius 1 is 0.681 bits per heavy atom. The molecular formula is C39H28N4O4. The van der Waals surface area contributed by atoms with Gasteiger partial charge in [-0.25, -0.2) is 9.59 Å². The highest BCUT2D eigenvalue weighted by atomic mass is 16.4. The van der Waals surface area contributed by atoms with Crippen molar-refractivity contribution in [3.8, 4) is 11.1 Å². The zero-order valence-corrected chi connectivity index (χ0v) is 25.0. The Morgan fingerprint density at radius 3 is 2.02 bits per heavy atom. The largest absolute Gasteiger partial charge is 0.478 e. The second-order valence-electron chi connectivity index (χ2n) is 11.0. The zero-order valence-electron chi connectivity index (χ0n) is 25.0. The molecular weight excluding hydrogens is 588 g/mol. The molecule has 47 heavy (non-hydrogen) atoms. The van der Waals surface area contributed by atoms with Gasteiger partial charge < -0.3 is 20.4 Å². The van der Waals surface area contributed by atoms with E-state index < -0.39 is 18.0 Å². The molecule has 1 aliphatic rings. The number of fused-ring (bicyclic) bond motifs is 1. The molecule has 3 N–H and O–H groups in total. The van der Waals surface area contributed by atoms with Crippen molar-refractivity contribution in [3.05, 3.63) is 168 Å². The van der Waals surface area contributed by atoms with Crippen LogP contribution in [0.5, 0.6) is 0 Å². The number of carboxylic acids is 2. The van der Waals surface area contributed by atoms with Crippen LogP contribution in [0, 0.1) is 0 Å². The van der Waals surface area contributed by atoms with Gasteiger partial charge in [0.05, 0.1) is 40.0 Å². The van der Waals surface area contributed by atoms with Gasteiger partial charge in [0.1, 0.15) is 0 Å². The Labute approximate surface area is 270 Å². The summed E-state index contributed by atoms with van der Waals surface area (Å²) in [5, 5.41) is 24.8. The Hall–Kier alpha value is -6.54. The van der Waals surface area contributed by atoms with Crippen molar-refractivity contribution in [2.24, 2.45) is 0 Å². The lowest BCUT2D eigenvalue weighted by atomic mass is 9.95. The van der Waals surface area contributed by atoms with Gasteiger partial charge in [-0.1, -0.05) is 66.7 Å². The fourth-order valence-corrected chi connectivity index (χ4v) is 5.88. The number of nitrogens with one attached hydrogen (secondary N) is 1. The van der Waals surface area contributed by atoms with E-state index in [9.17, 15) is 19.8 Å². The van der Waals surface area contributed by atoms with Gasteiger partial charge in [0, 0.05) is 29.2 Å². The minimum atomic E-state index is -1.11. The molecule has 0 radical (unpaired) electrons. The maximum Gasteiger partial charge on any atom is 0.335 e. The first-order chi connectivity index (χ1) is 23.0. The van der Waals surface area contributed by atoms with Gasteiger partial charge in [-0.05, 0) is 83.3 Å². The Bertz CT molecular complexity index is 2160. The Morgan fingerprint density at radius 2 is 1.34 bits per heavy atom. The first kappa shape index (κ1) is 29.2. The van der Waals surface area contributed by atoms with Crippen molar-refractivity contribution < 1.29 is 19.8 Å². The monoisotopic (exact) mass is 616 g/mol. The van der Waals surface area contributed by atoms with Crippen LogP contribution in [-0.2, 0) is 4.79 Å². The van der Waals surface area contributed by atoms with Crippen molar-refractivity contribution in [1.82, 2.24) is 15.3 Å². The first-order valence-electron chi connectivity index (χ1n) is 15.0. The van der Waals surface area contributed by atoms with Crippen molar-refractivity contribution in [1.29, 1.82) is 0 Å². The highest BCUT2D eigenvalue weighted by molar-refractivity contribution is 6.06. The SMILES string of the molecule is O=C(O)C1=CC(c2cc(-c3ccc(N(c4ccccc4)c4ccccc4)c4ccccc34)ccn2)NC(c2cc(C(=O)O)ccn2)=C1. The number of carbonyl (C=O) groups is 2. The molecule has 7 rings (SSSR count). The van der Waals surface area contributed by atoms with E-state index in [0.29, 0.717) is 17.1 Å². The molecule has 0 fully saturated rings. The van der Waals surface area contributed by atoms with Gasteiger partial charge >= 0.3 is 11.9 Å². The van der Waals surface area contributed by atoms with Crippen LogP contribution in [-0.4, -0.2) is 32.1 Å². The van der Waals surface area contributed by atoms with Crippen LogP contribution in [0.15, 0.2) is 151 Å². The van der Waals surface area contributed by atoms with E-state index in [0.717, 1.165) is 39.0 Å². The fourth-order valence-electron chi connectivity index (χ4n) is 5.88. The van der Waals surface area contributed by atoms with Gasteiger partial charge in [0.15, 0.2) is 0 Å². The Kier molecular flexibility index (Phi) is 7.73. The first-order valence-corrected chi connectivity index (χ1v) is 15.0. The number of carboxylic acid groups (broad SMARTS) is 2. The van der Waals surface area contributed by atoms with Gasteiger partial charge in [-0.15, -0.1) is 0 Å².